The van der Waals surface area contributed by atoms with Gasteiger partial charge >= 0.3 is 5.97 Å². The molecule has 0 unspecified atom stereocenters. The van der Waals surface area contributed by atoms with E-state index in [1.807, 2.05) is 0 Å². The zero-order valence-electron chi connectivity index (χ0n) is 8.84. The van der Waals surface area contributed by atoms with Gasteiger partial charge in [-0.1, -0.05) is 0 Å². The number of hydrogen-bond acceptors (Lipinski definition) is 5. The minimum absolute atomic E-state index is 0.137. The summed E-state index contributed by atoms with van der Waals surface area (Å²) >= 11 is 0. The van der Waals surface area contributed by atoms with Crippen LogP contribution in [0.2, 0.25) is 0 Å². The largest absolute Gasteiger partial charge is 0.461 e. The minimum Gasteiger partial charge on any atom is -0.461 e. The third-order valence-electron chi connectivity index (χ3n) is 1.83. The maximum Gasteiger partial charge on any atom is 0.338 e. The van der Waals surface area contributed by atoms with Crippen LogP contribution in [0, 0.1) is 0 Å². The van der Waals surface area contributed by atoms with Gasteiger partial charge in [0.15, 0.2) is 9.84 Å². The second kappa shape index (κ2) is 4.98. The Morgan fingerprint density at radius 1 is 1.31 bits per heavy atom. The highest BCUT2D eigenvalue weighted by Gasteiger charge is 2.08. The highest BCUT2D eigenvalue weighted by atomic mass is 32.2. The van der Waals surface area contributed by atoms with Crippen molar-refractivity contribution in [2.24, 2.45) is 0 Å². The van der Waals surface area contributed by atoms with Crippen LogP contribution in [0.4, 0.5) is 5.69 Å². The van der Waals surface area contributed by atoms with Gasteiger partial charge in [-0.15, -0.1) is 0 Å². The van der Waals surface area contributed by atoms with Gasteiger partial charge in [-0.25, -0.2) is 13.2 Å². The van der Waals surface area contributed by atoms with Gasteiger partial charge in [-0.3, -0.25) is 0 Å². The number of esters is 1. The Balaban J connectivity index is 2.50. The maximum atomic E-state index is 11.4. The Hall–Kier alpha value is -1.56. The molecular weight excluding hydrogens is 230 g/mol. The zero-order chi connectivity index (χ0) is 12.2. The van der Waals surface area contributed by atoms with Crippen LogP contribution in [0.1, 0.15) is 10.4 Å². The van der Waals surface area contributed by atoms with Crippen molar-refractivity contribution in [3.63, 3.8) is 0 Å². The summed E-state index contributed by atoms with van der Waals surface area (Å²) in [6.45, 7) is -0.137. The highest BCUT2D eigenvalue weighted by Crippen LogP contribution is 2.06. The minimum atomic E-state index is -3.11. The molecule has 0 aliphatic heterocycles. The molecule has 0 aliphatic carbocycles. The second-order valence-corrected chi connectivity index (χ2v) is 5.65. The first-order valence-corrected chi connectivity index (χ1v) is 6.65. The van der Waals surface area contributed by atoms with Crippen molar-refractivity contribution in [3.05, 3.63) is 29.8 Å². The summed E-state index contributed by atoms with van der Waals surface area (Å²) in [5.41, 5.74) is 6.35. The molecule has 88 valence electrons. The molecule has 1 aromatic rings. The fourth-order valence-corrected chi connectivity index (χ4v) is 1.37. The van der Waals surface area contributed by atoms with Crippen LogP contribution < -0.4 is 5.73 Å². The van der Waals surface area contributed by atoms with E-state index in [4.69, 9.17) is 10.5 Å². The molecule has 5 nitrogen and oxygen atoms in total. The molecule has 1 aromatic carbocycles. The number of hydrogen-bond donors (Lipinski definition) is 1. The van der Waals surface area contributed by atoms with Crippen molar-refractivity contribution in [2.75, 3.05) is 24.3 Å². The van der Waals surface area contributed by atoms with Crippen LogP contribution in [0.25, 0.3) is 0 Å². The van der Waals surface area contributed by atoms with Gasteiger partial charge in [0.25, 0.3) is 0 Å². The van der Waals surface area contributed by atoms with Crippen LogP contribution in [0.5, 0.6) is 0 Å². The number of anilines is 1. The van der Waals surface area contributed by atoms with Gasteiger partial charge in [0.05, 0.1) is 11.3 Å². The van der Waals surface area contributed by atoms with Crippen molar-refractivity contribution in [1.29, 1.82) is 0 Å². The van der Waals surface area contributed by atoms with Crippen LogP contribution in [-0.4, -0.2) is 33.0 Å². The van der Waals surface area contributed by atoms with E-state index in [9.17, 15) is 13.2 Å². The van der Waals surface area contributed by atoms with E-state index in [2.05, 4.69) is 0 Å². The summed E-state index contributed by atoms with van der Waals surface area (Å²) in [6.07, 6.45) is 1.09. The molecule has 0 aromatic heterocycles. The lowest BCUT2D eigenvalue weighted by Gasteiger charge is -2.03. The van der Waals surface area contributed by atoms with Crippen molar-refractivity contribution in [2.45, 2.75) is 0 Å². The van der Waals surface area contributed by atoms with Crippen LogP contribution in [-0.2, 0) is 14.6 Å². The first kappa shape index (κ1) is 12.5. The molecule has 0 saturated carbocycles. The van der Waals surface area contributed by atoms with Gasteiger partial charge in [-0.2, -0.15) is 0 Å². The molecule has 0 atom stereocenters. The lowest BCUT2D eigenvalue weighted by atomic mass is 10.2. The summed E-state index contributed by atoms with van der Waals surface area (Å²) in [6, 6.07) is 6.20. The monoisotopic (exact) mass is 243 g/mol. The molecule has 0 saturated heterocycles. The Bertz CT molecular complexity index is 464. The van der Waals surface area contributed by atoms with E-state index in [1.165, 1.54) is 12.1 Å². The van der Waals surface area contributed by atoms with Gasteiger partial charge in [0, 0.05) is 11.9 Å². The number of carbonyl (C=O) groups is 1. The molecule has 0 spiro atoms. The third kappa shape index (κ3) is 4.31. The fourth-order valence-electron chi connectivity index (χ4n) is 0.988. The van der Waals surface area contributed by atoms with E-state index in [-0.39, 0.29) is 12.4 Å². The summed E-state index contributed by atoms with van der Waals surface area (Å²) in [5, 5.41) is 0. The van der Waals surface area contributed by atoms with E-state index in [1.54, 1.807) is 12.1 Å². The molecular formula is C10H13NO4S. The molecule has 0 aliphatic rings. The topological polar surface area (TPSA) is 86.5 Å². The molecule has 0 amide bonds. The summed E-state index contributed by atoms with van der Waals surface area (Å²) in [7, 11) is -3.11. The Kier molecular flexibility index (Phi) is 3.89. The van der Waals surface area contributed by atoms with Crippen LogP contribution in [0.15, 0.2) is 24.3 Å². The van der Waals surface area contributed by atoms with E-state index < -0.39 is 15.8 Å². The Labute approximate surface area is 94.1 Å². The zero-order valence-corrected chi connectivity index (χ0v) is 9.66. The lowest BCUT2D eigenvalue weighted by Crippen LogP contribution is -2.14. The first-order chi connectivity index (χ1) is 7.38. The Morgan fingerprint density at radius 2 is 1.88 bits per heavy atom. The van der Waals surface area contributed by atoms with Crippen LogP contribution in [0.3, 0.4) is 0 Å². The number of benzene rings is 1. The van der Waals surface area contributed by atoms with Crippen molar-refractivity contribution < 1.29 is 17.9 Å². The predicted molar refractivity (Wildman–Crippen MR) is 60.8 cm³/mol. The number of rotatable bonds is 4. The molecule has 6 heteroatoms. The van der Waals surface area contributed by atoms with Gasteiger partial charge in [0.2, 0.25) is 0 Å². The Morgan fingerprint density at radius 3 is 2.38 bits per heavy atom. The normalized spacial score (nSPS) is 11.1. The van der Waals surface area contributed by atoms with Crippen LogP contribution >= 0.6 is 0 Å². The van der Waals surface area contributed by atoms with Crippen molar-refractivity contribution in [1.82, 2.24) is 0 Å². The average Bonchev–Trinajstić information content (AvgIpc) is 2.16. The van der Waals surface area contributed by atoms with Gasteiger partial charge in [-0.05, 0) is 24.3 Å². The highest BCUT2D eigenvalue weighted by molar-refractivity contribution is 7.90. The van der Waals surface area contributed by atoms with Gasteiger partial charge in [0.1, 0.15) is 6.61 Å². The number of carbonyl (C=O) groups excluding carboxylic acids is 1. The molecule has 0 bridgehead atoms. The molecule has 2 N–H and O–H groups in total. The summed E-state index contributed by atoms with van der Waals surface area (Å²) in [5.74, 6) is -0.725. The summed E-state index contributed by atoms with van der Waals surface area (Å²) in [4.78, 5) is 11.4. The third-order valence-corrected chi connectivity index (χ3v) is 2.74. The number of sulfone groups is 1. The first-order valence-electron chi connectivity index (χ1n) is 4.59. The van der Waals surface area contributed by atoms with E-state index >= 15 is 0 Å². The summed E-state index contributed by atoms with van der Waals surface area (Å²) < 4.78 is 26.4. The lowest BCUT2D eigenvalue weighted by molar-refractivity contribution is 0.0529. The molecule has 16 heavy (non-hydrogen) atoms. The van der Waals surface area contributed by atoms with E-state index in [0.29, 0.717) is 11.3 Å². The number of ether oxygens (including phenoxy) is 1. The fraction of sp³-hybridized carbons (Fsp3) is 0.300. The molecule has 0 heterocycles. The standard InChI is InChI=1S/C10H13NO4S/c1-16(13,14)7-6-15-10(12)8-2-4-9(11)5-3-8/h2-5H,6-7,11H2,1H3. The maximum absolute atomic E-state index is 11.4. The predicted octanol–water partition coefficient (Wildman–Crippen LogP) is 0.470. The van der Waals surface area contributed by atoms with Gasteiger partial charge < -0.3 is 10.5 Å². The molecule has 0 radical (unpaired) electrons. The smallest absolute Gasteiger partial charge is 0.338 e. The van der Waals surface area contributed by atoms with Crippen molar-refractivity contribution in [3.8, 4) is 0 Å². The SMILES string of the molecule is CS(=O)(=O)CCOC(=O)c1ccc(N)cc1. The number of nitrogen functional groups attached to an aromatic ring is 1. The van der Waals surface area contributed by atoms with E-state index in [0.717, 1.165) is 6.26 Å². The second-order valence-electron chi connectivity index (χ2n) is 3.39. The average molecular weight is 243 g/mol. The quantitative estimate of drug-likeness (QED) is 0.613. The van der Waals surface area contributed by atoms with Crippen molar-refractivity contribution >= 4 is 21.5 Å². The molecule has 1 rings (SSSR count). The number of nitrogens with two attached hydrogens (primary N) is 1. The molecule has 0 fully saturated rings.